The van der Waals surface area contributed by atoms with E-state index in [-0.39, 0.29) is 23.5 Å². The number of aryl methyl sites for hydroxylation is 1. The van der Waals surface area contributed by atoms with Crippen molar-refractivity contribution in [2.45, 2.75) is 6.92 Å². The minimum atomic E-state index is -0.631. The summed E-state index contributed by atoms with van der Waals surface area (Å²) in [6.07, 6.45) is 0. The molecule has 0 amide bonds. The van der Waals surface area contributed by atoms with Crippen LogP contribution in [0.25, 0.3) is 47.7 Å². The summed E-state index contributed by atoms with van der Waals surface area (Å²) >= 11 is 1.75. The van der Waals surface area contributed by atoms with Crippen LogP contribution in [0.5, 0.6) is 0 Å². The molecule has 0 spiro atoms. The monoisotopic (exact) mass is 547 g/mol. The molecule has 2 aliphatic heterocycles. The van der Waals surface area contributed by atoms with Gasteiger partial charge in [-0.1, -0.05) is 72.7 Å². The summed E-state index contributed by atoms with van der Waals surface area (Å²) < 4.78 is 84.0. The number of thiophene rings is 1. The first-order valence-corrected chi connectivity index (χ1v) is 14.3. The van der Waals surface area contributed by atoms with Crippen LogP contribution >= 0.6 is 11.3 Å². The molecule has 2 nitrogen and oxygen atoms in total. The molecule has 0 bridgehead atoms. The number of aromatic nitrogens is 1. The zero-order valence-corrected chi connectivity index (χ0v) is 22.5. The number of hydrogen-bond acceptors (Lipinski definition) is 2. The van der Waals surface area contributed by atoms with Gasteiger partial charge in [-0.25, -0.2) is 0 Å². The molecule has 41 heavy (non-hydrogen) atoms. The highest BCUT2D eigenvalue weighted by atomic mass is 32.1. The van der Waals surface area contributed by atoms with E-state index < -0.39 is 49.0 Å². The van der Waals surface area contributed by atoms with Gasteiger partial charge in [-0.2, -0.15) is 0 Å². The molecule has 10 rings (SSSR count). The minimum Gasteiger partial charge on any atom is -0.311 e. The van der Waals surface area contributed by atoms with E-state index in [1.54, 1.807) is 11.3 Å². The van der Waals surface area contributed by atoms with E-state index in [1.165, 1.54) is 19.7 Å². The first-order chi connectivity index (χ1) is 24.0. The normalized spacial score (nSPS) is 16.5. The highest BCUT2D eigenvalue weighted by molar-refractivity contribution is 7.26. The zero-order chi connectivity index (χ0) is 34.7. The van der Waals surface area contributed by atoms with Crippen LogP contribution in [-0.4, -0.2) is 11.3 Å². The highest BCUT2D eigenvalue weighted by Gasteiger charge is 2.42. The van der Waals surface area contributed by atoms with Crippen LogP contribution in [0.4, 0.5) is 17.1 Å². The largest absolute Gasteiger partial charge is 0.311 e. The number of hydrogen-bond donors (Lipinski definition) is 0. The lowest BCUT2D eigenvalue weighted by Gasteiger charge is -2.40. The Labute approximate surface area is 254 Å². The summed E-state index contributed by atoms with van der Waals surface area (Å²) in [7, 11) is 0. The Hall–Kier alpha value is -4.80. The highest BCUT2D eigenvalue weighted by Crippen LogP contribution is 2.45. The van der Waals surface area contributed by atoms with E-state index in [0.29, 0.717) is 11.2 Å². The Morgan fingerprint density at radius 2 is 1.49 bits per heavy atom. The van der Waals surface area contributed by atoms with Crippen molar-refractivity contribution >= 4 is 93.5 Å². The maximum Gasteiger partial charge on any atom is 0.252 e. The molecular formula is C37H23BN2S. The third-order valence-electron chi connectivity index (χ3n) is 8.60. The molecule has 8 aromatic rings. The van der Waals surface area contributed by atoms with E-state index in [9.17, 15) is 2.74 Å². The molecule has 0 radical (unpaired) electrons. The first kappa shape index (κ1) is 15.3. The predicted molar refractivity (Wildman–Crippen MR) is 178 cm³/mol. The topological polar surface area (TPSA) is 8.17 Å². The second-order valence-corrected chi connectivity index (χ2v) is 11.8. The molecule has 6 aromatic carbocycles. The molecule has 0 fully saturated rings. The van der Waals surface area contributed by atoms with Crippen molar-refractivity contribution in [3.05, 3.63) is 127 Å². The molecule has 0 N–H and O–H groups in total. The molecular weight excluding hydrogens is 515 g/mol. The molecule has 0 saturated heterocycles. The average Bonchev–Trinajstić information content (AvgIpc) is 3.66. The smallest absolute Gasteiger partial charge is 0.252 e. The summed E-state index contributed by atoms with van der Waals surface area (Å²) in [6, 6.07) is 18.9. The van der Waals surface area contributed by atoms with Crippen LogP contribution in [0.15, 0.2) is 121 Å². The van der Waals surface area contributed by atoms with Gasteiger partial charge in [0.2, 0.25) is 0 Å². The average molecular weight is 548 g/mol. The summed E-state index contributed by atoms with van der Waals surface area (Å²) in [6.45, 7) is 1.31. The quantitative estimate of drug-likeness (QED) is 0.189. The lowest BCUT2D eigenvalue weighted by atomic mass is 9.34. The Bertz CT molecular complexity index is 2890. The molecule has 0 saturated carbocycles. The van der Waals surface area contributed by atoms with Crippen molar-refractivity contribution in [1.82, 2.24) is 4.57 Å². The van der Waals surface area contributed by atoms with Gasteiger partial charge in [0, 0.05) is 59.2 Å². The SMILES string of the molecule is [2H]c1c([2H])c([2H])c(N2c3cc(C)cc4c3B(c3c([2H])c([2H])c([2H])c([2H])c32)c2cccc3c5c6c(ccc5n-4c23)sc2ccccc26)c([2H])c1[2H]. The fraction of sp³-hybridized carbons (Fsp3) is 0.0270. The maximum absolute atomic E-state index is 9.34. The third-order valence-corrected chi connectivity index (χ3v) is 9.74. The lowest BCUT2D eigenvalue weighted by molar-refractivity contribution is 1.17. The Morgan fingerprint density at radius 1 is 0.683 bits per heavy atom. The van der Waals surface area contributed by atoms with Gasteiger partial charge < -0.3 is 9.47 Å². The maximum atomic E-state index is 9.34. The Kier molecular flexibility index (Phi) is 2.86. The number of anilines is 3. The molecule has 0 aliphatic carbocycles. The van der Waals surface area contributed by atoms with Crippen molar-refractivity contribution in [1.29, 1.82) is 0 Å². The van der Waals surface area contributed by atoms with Crippen LogP contribution in [0, 0.1) is 6.92 Å². The summed E-state index contributed by atoms with van der Waals surface area (Å²) in [5, 5.41) is 4.47. The summed E-state index contributed by atoms with van der Waals surface area (Å²) in [5.74, 6) is 0. The van der Waals surface area contributed by atoms with Gasteiger partial charge in [0.15, 0.2) is 0 Å². The predicted octanol–water partition coefficient (Wildman–Crippen LogP) is 8.07. The third kappa shape index (κ3) is 2.69. The van der Waals surface area contributed by atoms with Gasteiger partial charge in [0.25, 0.3) is 6.71 Å². The van der Waals surface area contributed by atoms with Gasteiger partial charge in [-0.3, -0.25) is 0 Å². The van der Waals surface area contributed by atoms with E-state index in [0.717, 1.165) is 49.4 Å². The van der Waals surface area contributed by atoms with E-state index in [1.807, 2.05) is 31.2 Å². The van der Waals surface area contributed by atoms with Gasteiger partial charge in [0.05, 0.1) is 17.9 Å². The lowest BCUT2D eigenvalue weighted by Crippen LogP contribution is -2.60. The molecule has 0 atom stereocenters. The number of fused-ring (bicyclic) bond motifs is 11. The van der Waals surface area contributed by atoms with Crippen molar-refractivity contribution in [2.75, 3.05) is 4.90 Å². The van der Waals surface area contributed by atoms with Crippen molar-refractivity contribution < 1.29 is 12.3 Å². The van der Waals surface area contributed by atoms with Gasteiger partial charge in [-0.15, -0.1) is 11.3 Å². The fourth-order valence-corrected chi connectivity index (χ4v) is 8.28. The number of nitrogens with zero attached hydrogens (tertiary/aromatic N) is 2. The molecule has 190 valence electrons. The van der Waals surface area contributed by atoms with Crippen LogP contribution in [0.3, 0.4) is 0 Å². The Morgan fingerprint density at radius 3 is 2.41 bits per heavy atom. The van der Waals surface area contributed by atoms with Crippen LogP contribution in [0.1, 0.15) is 17.9 Å². The molecule has 0 unspecified atom stereocenters. The second kappa shape index (κ2) is 7.69. The van der Waals surface area contributed by atoms with Crippen molar-refractivity contribution in [2.24, 2.45) is 0 Å². The van der Waals surface area contributed by atoms with E-state index >= 15 is 0 Å². The number of rotatable bonds is 1. The van der Waals surface area contributed by atoms with E-state index in [4.69, 9.17) is 9.60 Å². The molecule has 4 heterocycles. The number of para-hydroxylation sites is 3. The molecule has 2 aromatic heterocycles. The summed E-state index contributed by atoms with van der Waals surface area (Å²) in [5.41, 5.74) is 5.94. The van der Waals surface area contributed by atoms with Crippen molar-refractivity contribution in [3.8, 4) is 5.69 Å². The van der Waals surface area contributed by atoms with Crippen LogP contribution in [-0.2, 0) is 0 Å². The van der Waals surface area contributed by atoms with Crippen molar-refractivity contribution in [3.63, 3.8) is 0 Å². The van der Waals surface area contributed by atoms with Crippen LogP contribution < -0.4 is 21.3 Å². The first-order valence-electron chi connectivity index (χ1n) is 18.0. The van der Waals surface area contributed by atoms with Gasteiger partial charge in [0.1, 0.15) is 0 Å². The number of benzene rings is 6. The van der Waals surface area contributed by atoms with Gasteiger partial charge >= 0.3 is 0 Å². The van der Waals surface area contributed by atoms with Gasteiger partial charge in [-0.05, 0) is 77.3 Å². The molecule has 4 heteroatoms. The Balaban J connectivity index is 1.44. The minimum absolute atomic E-state index is 0.0800. The molecule has 2 aliphatic rings. The second-order valence-electron chi connectivity index (χ2n) is 10.7. The zero-order valence-electron chi connectivity index (χ0n) is 30.7. The van der Waals surface area contributed by atoms with Crippen LogP contribution in [0.2, 0.25) is 0 Å². The fourth-order valence-electron chi connectivity index (χ4n) is 7.17. The van der Waals surface area contributed by atoms with E-state index in [2.05, 4.69) is 47.0 Å². The standard InChI is InChI=1S/C37H23BN2S/c1-22-20-30-36-31(21-22)40-29-18-19-33-35(24-12-5-8-17-32(24)41-33)34(29)25-13-9-15-27(37(25)40)38(36)26-14-6-7-16-28(26)39(30)23-10-3-2-4-11-23/h2-21H,1H3/i2D,3D,4D,6D,7D,10D,11D,14D,16D. The summed E-state index contributed by atoms with van der Waals surface area (Å²) in [4.78, 5) is 1.48.